The smallest absolute Gasteiger partial charge is 0.301 e. The number of anilines is 1. The molecule has 2 aromatic carbocycles. The van der Waals surface area contributed by atoms with Gasteiger partial charge in [0.2, 0.25) is 0 Å². The highest BCUT2D eigenvalue weighted by molar-refractivity contribution is 7.14. The van der Waals surface area contributed by atoms with E-state index in [1.807, 2.05) is 31.2 Å². The molecule has 1 amide bonds. The molecule has 0 aliphatic carbocycles. The van der Waals surface area contributed by atoms with Crippen LogP contribution in [0.25, 0.3) is 5.76 Å². The number of ketones is 1. The number of aliphatic hydroxyl groups is 1. The minimum atomic E-state index is -0.792. The van der Waals surface area contributed by atoms with E-state index in [0.717, 1.165) is 5.56 Å². The molecule has 1 aromatic heterocycles. The molecule has 3 aromatic rings. The average molecular weight is 434 g/mol. The van der Waals surface area contributed by atoms with Crippen LogP contribution < -0.4 is 14.4 Å². The highest BCUT2D eigenvalue weighted by atomic mass is 32.1. The molecule has 0 spiro atoms. The number of ether oxygens (including phenoxy) is 2. The maximum atomic E-state index is 13.1. The van der Waals surface area contributed by atoms with Crippen molar-refractivity contribution in [3.63, 3.8) is 0 Å². The van der Waals surface area contributed by atoms with Crippen molar-refractivity contribution in [1.29, 1.82) is 0 Å². The second-order valence-electron chi connectivity index (χ2n) is 7.25. The molecule has 2 aliphatic rings. The number of hydrogen-bond donors (Lipinski definition) is 1. The molecule has 1 fully saturated rings. The van der Waals surface area contributed by atoms with Gasteiger partial charge in [0.1, 0.15) is 19.0 Å². The first-order valence-electron chi connectivity index (χ1n) is 9.71. The van der Waals surface area contributed by atoms with Crippen molar-refractivity contribution in [3.8, 4) is 11.5 Å². The van der Waals surface area contributed by atoms with E-state index in [2.05, 4.69) is 4.98 Å². The van der Waals surface area contributed by atoms with E-state index in [1.54, 1.807) is 29.8 Å². The zero-order valence-corrected chi connectivity index (χ0v) is 17.4. The first-order valence-corrected chi connectivity index (χ1v) is 10.6. The van der Waals surface area contributed by atoms with Crippen molar-refractivity contribution in [2.45, 2.75) is 13.0 Å². The average Bonchev–Trinajstić information content (AvgIpc) is 3.40. The summed E-state index contributed by atoms with van der Waals surface area (Å²) in [5, 5.41) is 13.3. The monoisotopic (exact) mass is 434 g/mol. The molecule has 0 bridgehead atoms. The van der Waals surface area contributed by atoms with E-state index in [4.69, 9.17) is 9.47 Å². The molecule has 3 heterocycles. The third-order valence-electron chi connectivity index (χ3n) is 5.28. The molecule has 7 nitrogen and oxygen atoms in total. The topological polar surface area (TPSA) is 89.0 Å². The largest absolute Gasteiger partial charge is 0.507 e. The molecule has 0 saturated carbocycles. The normalized spacial score (nSPS) is 19.6. The van der Waals surface area contributed by atoms with E-state index < -0.39 is 17.7 Å². The van der Waals surface area contributed by atoms with Crippen LogP contribution in [0.3, 0.4) is 0 Å². The first kappa shape index (κ1) is 19.3. The van der Waals surface area contributed by atoms with Gasteiger partial charge < -0.3 is 14.6 Å². The number of Topliss-reactive ketones (excluding diaryl/α,β-unsaturated/α-hetero) is 1. The van der Waals surface area contributed by atoms with Crippen molar-refractivity contribution in [3.05, 3.63) is 76.3 Å². The van der Waals surface area contributed by atoms with Crippen LogP contribution in [0.15, 0.2) is 59.6 Å². The third-order valence-corrected chi connectivity index (χ3v) is 6.05. The van der Waals surface area contributed by atoms with Crippen molar-refractivity contribution in [1.82, 2.24) is 4.98 Å². The number of aromatic nitrogens is 1. The van der Waals surface area contributed by atoms with Gasteiger partial charge in [-0.1, -0.05) is 29.8 Å². The molecule has 31 heavy (non-hydrogen) atoms. The quantitative estimate of drug-likeness (QED) is 0.383. The molecule has 0 radical (unpaired) electrons. The molecule has 8 heteroatoms. The summed E-state index contributed by atoms with van der Waals surface area (Å²) in [6, 6.07) is 11.7. The molecule has 156 valence electrons. The second kappa shape index (κ2) is 7.55. The number of nitrogens with zero attached hydrogens (tertiary/aromatic N) is 2. The van der Waals surface area contributed by atoms with Gasteiger partial charge in [0.05, 0.1) is 11.6 Å². The highest BCUT2D eigenvalue weighted by Gasteiger charge is 2.48. The highest BCUT2D eigenvalue weighted by Crippen LogP contribution is 2.43. The molecular formula is C23H18N2O5S. The Morgan fingerprint density at radius 1 is 1.10 bits per heavy atom. The summed E-state index contributed by atoms with van der Waals surface area (Å²) in [5.74, 6) is -0.690. The summed E-state index contributed by atoms with van der Waals surface area (Å²) < 4.78 is 11.1. The van der Waals surface area contributed by atoms with Gasteiger partial charge in [-0.05, 0) is 30.7 Å². The Morgan fingerprint density at radius 2 is 1.84 bits per heavy atom. The summed E-state index contributed by atoms with van der Waals surface area (Å²) >= 11 is 1.26. The lowest BCUT2D eigenvalue weighted by molar-refractivity contribution is -0.132. The van der Waals surface area contributed by atoms with E-state index >= 15 is 0 Å². The number of carbonyl (C=O) groups is 2. The fourth-order valence-corrected chi connectivity index (χ4v) is 4.44. The van der Waals surface area contributed by atoms with E-state index in [-0.39, 0.29) is 11.3 Å². The molecule has 2 aliphatic heterocycles. The summed E-state index contributed by atoms with van der Waals surface area (Å²) in [6.45, 7) is 2.80. The van der Waals surface area contributed by atoms with Crippen LogP contribution in [0.2, 0.25) is 0 Å². The molecule has 1 atom stereocenters. The van der Waals surface area contributed by atoms with Crippen LogP contribution in [-0.4, -0.2) is 35.0 Å². The Hall–Kier alpha value is -3.65. The number of aliphatic hydroxyl groups excluding tert-OH is 1. The minimum absolute atomic E-state index is 0.0146. The summed E-state index contributed by atoms with van der Waals surface area (Å²) in [6.07, 6.45) is 1.58. The second-order valence-corrected chi connectivity index (χ2v) is 8.13. The summed E-state index contributed by atoms with van der Waals surface area (Å²) in [7, 11) is 0. The Balaban J connectivity index is 1.68. The number of hydrogen-bond acceptors (Lipinski definition) is 7. The number of fused-ring (bicyclic) bond motifs is 1. The van der Waals surface area contributed by atoms with Crippen LogP contribution in [-0.2, 0) is 9.59 Å². The van der Waals surface area contributed by atoms with E-state index in [9.17, 15) is 14.7 Å². The van der Waals surface area contributed by atoms with Crippen molar-refractivity contribution in [2.24, 2.45) is 0 Å². The van der Waals surface area contributed by atoms with Crippen LogP contribution >= 0.6 is 11.3 Å². The maximum absolute atomic E-state index is 13.1. The van der Waals surface area contributed by atoms with E-state index in [0.29, 0.717) is 41.0 Å². The summed E-state index contributed by atoms with van der Waals surface area (Å²) in [5.41, 5.74) is 2.14. The Kier molecular flexibility index (Phi) is 4.71. The number of benzene rings is 2. The van der Waals surface area contributed by atoms with Gasteiger partial charge >= 0.3 is 5.91 Å². The van der Waals surface area contributed by atoms with Gasteiger partial charge in [-0.3, -0.25) is 14.5 Å². The predicted molar refractivity (Wildman–Crippen MR) is 116 cm³/mol. The number of amides is 1. The standard InChI is InChI=1S/C23H18N2O5S/c1-13-2-4-14(5-3-13)19-18(21(27)22(28)25(19)23-24-8-11-31-23)20(26)15-6-7-16-17(12-15)30-10-9-29-16/h2-8,11-12,19,26H,9-10H2,1H3/b20-18+. The lowest BCUT2D eigenvalue weighted by Gasteiger charge is -2.23. The number of thiazole rings is 1. The van der Waals surface area contributed by atoms with Gasteiger partial charge in [0.25, 0.3) is 5.78 Å². The van der Waals surface area contributed by atoms with Crippen LogP contribution in [0.5, 0.6) is 11.5 Å². The zero-order valence-electron chi connectivity index (χ0n) is 16.6. The predicted octanol–water partition coefficient (Wildman–Crippen LogP) is 3.85. The molecule has 5 rings (SSSR count). The molecule has 1 N–H and O–H groups in total. The fraction of sp³-hybridized carbons (Fsp3) is 0.174. The molecular weight excluding hydrogens is 416 g/mol. The maximum Gasteiger partial charge on any atom is 0.301 e. The Morgan fingerprint density at radius 3 is 2.55 bits per heavy atom. The lowest BCUT2D eigenvalue weighted by Crippen LogP contribution is -2.29. The van der Waals surface area contributed by atoms with E-state index in [1.165, 1.54) is 16.2 Å². The van der Waals surface area contributed by atoms with Crippen LogP contribution in [0, 0.1) is 6.92 Å². The number of carbonyl (C=O) groups excluding carboxylic acids is 2. The van der Waals surface area contributed by atoms with Crippen LogP contribution in [0.4, 0.5) is 5.13 Å². The van der Waals surface area contributed by atoms with Gasteiger partial charge in [0.15, 0.2) is 16.6 Å². The Bertz CT molecular complexity index is 1200. The van der Waals surface area contributed by atoms with Gasteiger partial charge in [0, 0.05) is 17.1 Å². The minimum Gasteiger partial charge on any atom is -0.507 e. The van der Waals surface area contributed by atoms with Gasteiger partial charge in [-0.15, -0.1) is 11.3 Å². The van der Waals surface area contributed by atoms with Crippen molar-refractivity contribution < 1.29 is 24.2 Å². The fourth-order valence-electron chi connectivity index (χ4n) is 3.78. The SMILES string of the molecule is Cc1ccc(C2/C(=C(\O)c3ccc4c(c3)OCCO4)C(=O)C(=O)N2c2nccs2)cc1. The lowest BCUT2D eigenvalue weighted by atomic mass is 9.94. The van der Waals surface area contributed by atoms with Crippen LogP contribution in [0.1, 0.15) is 22.7 Å². The number of rotatable bonds is 3. The zero-order chi connectivity index (χ0) is 21.5. The summed E-state index contributed by atoms with van der Waals surface area (Å²) in [4.78, 5) is 31.6. The van der Waals surface area contributed by atoms with Gasteiger partial charge in [-0.25, -0.2) is 4.98 Å². The first-order chi connectivity index (χ1) is 15.0. The van der Waals surface area contributed by atoms with Crippen molar-refractivity contribution in [2.75, 3.05) is 18.1 Å². The third kappa shape index (κ3) is 3.25. The molecule has 1 unspecified atom stereocenters. The van der Waals surface area contributed by atoms with Crippen molar-refractivity contribution >= 4 is 33.9 Å². The molecule has 1 saturated heterocycles. The Labute approximate surface area is 182 Å². The van der Waals surface area contributed by atoms with Gasteiger partial charge in [-0.2, -0.15) is 0 Å². The number of aryl methyl sites for hydroxylation is 1.